The molecular weight excluding hydrogens is 286 g/mol. The molecule has 2 aromatic rings. The first kappa shape index (κ1) is 12.9. The predicted molar refractivity (Wildman–Crippen MR) is 81.0 cm³/mol. The summed E-state index contributed by atoms with van der Waals surface area (Å²) in [7, 11) is -1.43. The summed E-state index contributed by atoms with van der Waals surface area (Å²) in [6, 6.07) is 11.1. The molecule has 6 heteroatoms. The fourth-order valence-electron chi connectivity index (χ4n) is 3.34. The number of para-hydroxylation sites is 1. The van der Waals surface area contributed by atoms with E-state index in [0.717, 1.165) is 31.0 Å². The molecule has 0 radical (unpaired) electrons. The van der Waals surface area contributed by atoms with Gasteiger partial charge in [-0.3, -0.25) is 0 Å². The zero-order chi connectivity index (χ0) is 14.6. The average molecular weight is 303 g/mol. The summed E-state index contributed by atoms with van der Waals surface area (Å²) in [5, 5.41) is 0. The highest BCUT2D eigenvalue weighted by atomic mass is 32.2. The summed E-state index contributed by atoms with van der Waals surface area (Å²) in [6.07, 6.45) is 1.65. The van der Waals surface area contributed by atoms with E-state index in [0.29, 0.717) is 4.90 Å². The van der Waals surface area contributed by atoms with Gasteiger partial charge >= 0.3 is 0 Å². The first-order valence-corrected chi connectivity index (χ1v) is 8.50. The number of rotatable bonds is 0. The van der Waals surface area contributed by atoms with Gasteiger partial charge in [0.05, 0.1) is 17.4 Å². The second-order valence-corrected chi connectivity index (χ2v) is 7.46. The van der Waals surface area contributed by atoms with Gasteiger partial charge in [-0.15, -0.1) is 0 Å². The Hall–Kier alpha value is -1.79. The molecule has 1 aromatic carbocycles. The minimum absolute atomic E-state index is 0.0668. The summed E-state index contributed by atoms with van der Waals surface area (Å²) >= 11 is 0. The SMILES string of the molecule is CN1CCN2c3ccccc3S(=O)(=O)n3cccc3C2C1. The van der Waals surface area contributed by atoms with E-state index in [1.165, 1.54) is 3.97 Å². The van der Waals surface area contributed by atoms with Crippen molar-refractivity contribution in [1.29, 1.82) is 0 Å². The van der Waals surface area contributed by atoms with Crippen LogP contribution in [0.5, 0.6) is 0 Å². The molecule has 110 valence electrons. The van der Waals surface area contributed by atoms with E-state index in [1.807, 2.05) is 24.3 Å². The number of hydrogen-bond donors (Lipinski definition) is 0. The highest BCUT2D eigenvalue weighted by Gasteiger charge is 2.37. The molecule has 1 atom stereocenters. The van der Waals surface area contributed by atoms with E-state index in [1.54, 1.807) is 18.3 Å². The number of hydrogen-bond acceptors (Lipinski definition) is 4. The van der Waals surface area contributed by atoms with Crippen molar-refractivity contribution in [1.82, 2.24) is 8.87 Å². The fourth-order valence-corrected chi connectivity index (χ4v) is 4.94. The molecule has 5 nitrogen and oxygen atoms in total. The number of aromatic nitrogens is 1. The quantitative estimate of drug-likeness (QED) is 0.740. The molecule has 0 amide bonds. The van der Waals surface area contributed by atoms with Gasteiger partial charge in [0.15, 0.2) is 0 Å². The first-order valence-electron chi connectivity index (χ1n) is 7.06. The lowest BCUT2D eigenvalue weighted by atomic mass is 10.1. The summed E-state index contributed by atoms with van der Waals surface area (Å²) in [4.78, 5) is 4.87. The van der Waals surface area contributed by atoms with Gasteiger partial charge in [-0.2, -0.15) is 0 Å². The van der Waals surface area contributed by atoms with E-state index in [-0.39, 0.29) is 6.04 Å². The zero-order valence-corrected chi connectivity index (χ0v) is 12.6. The van der Waals surface area contributed by atoms with Crippen LogP contribution >= 0.6 is 0 Å². The molecule has 2 aliphatic rings. The maximum atomic E-state index is 12.9. The second-order valence-electron chi connectivity index (χ2n) is 5.67. The van der Waals surface area contributed by atoms with Crippen LogP contribution in [0.2, 0.25) is 0 Å². The van der Waals surface area contributed by atoms with E-state index in [4.69, 9.17) is 0 Å². The number of benzene rings is 1. The van der Waals surface area contributed by atoms with Crippen molar-refractivity contribution in [2.45, 2.75) is 10.9 Å². The van der Waals surface area contributed by atoms with Gasteiger partial charge in [-0.25, -0.2) is 12.4 Å². The van der Waals surface area contributed by atoms with Crippen LogP contribution in [-0.2, 0) is 10.0 Å². The van der Waals surface area contributed by atoms with Crippen LogP contribution in [-0.4, -0.2) is 44.0 Å². The van der Waals surface area contributed by atoms with Crippen molar-refractivity contribution in [3.63, 3.8) is 0 Å². The molecule has 0 saturated carbocycles. The molecule has 4 rings (SSSR count). The standard InChI is InChI=1S/C15H17N3O2S/c1-16-9-10-17-13-5-2-3-7-15(13)21(19,20)18-8-4-6-12(18)14(17)11-16/h2-8,14H,9-11H2,1H3. The maximum absolute atomic E-state index is 12.9. The van der Waals surface area contributed by atoms with Crippen LogP contribution in [0.15, 0.2) is 47.5 Å². The molecule has 2 aliphatic heterocycles. The lowest BCUT2D eigenvalue weighted by Gasteiger charge is -2.40. The minimum atomic E-state index is -3.51. The Morgan fingerprint density at radius 3 is 2.76 bits per heavy atom. The molecule has 0 bridgehead atoms. The van der Waals surface area contributed by atoms with Crippen molar-refractivity contribution < 1.29 is 8.42 Å². The fraction of sp³-hybridized carbons (Fsp3) is 0.333. The number of nitrogens with zero attached hydrogens (tertiary/aromatic N) is 3. The molecule has 0 spiro atoms. The lowest BCUT2D eigenvalue weighted by molar-refractivity contribution is 0.266. The third kappa shape index (κ3) is 1.76. The van der Waals surface area contributed by atoms with Crippen LogP contribution in [0.4, 0.5) is 5.69 Å². The Labute approximate surface area is 124 Å². The van der Waals surface area contributed by atoms with E-state index in [2.05, 4.69) is 16.8 Å². The smallest absolute Gasteiger partial charge is 0.269 e. The van der Waals surface area contributed by atoms with Crippen LogP contribution in [0.3, 0.4) is 0 Å². The molecule has 0 aliphatic carbocycles. The summed E-state index contributed by atoms with van der Waals surface area (Å²) in [6.45, 7) is 2.60. The number of likely N-dealkylation sites (N-methyl/N-ethyl adjacent to an activating group) is 1. The molecule has 21 heavy (non-hydrogen) atoms. The highest BCUT2D eigenvalue weighted by Crippen LogP contribution is 2.39. The Balaban J connectivity index is 2.03. The molecular formula is C15H17N3O2S. The third-order valence-corrected chi connectivity index (χ3v) is 6.13. The highest BCUT2D eigenvalue weighted by molar-refractivity contribution is 7.90. The summed E-state index contributed by atoms with van der Waals surface area (Å²) in [5.41, 5.74) is 1.66. The first-order chi connectivity index (χ1) is 10.1. The van der Waals surface area contributed by atoms with Crippen LogP contribution in [0.25, 0.3) is 0 Å². The number of piperazine rings is 1. The van der Waals surface area contributed by atoms with Crippen LogP contribution < -0.4 is 4.90 Å². The van der Waals surface area contributed by atoms with E-state index in [9.17, 15) is 8.42 Å². The normalized spacial score (nSPS) is 23.9. The predicted octanol–water partition coefficient (Wildman–Crippen LogP) is 1.53. The monoisotopic (exact) mass is 303 g/mol. The molecule has 0 N–H and O–H groups in total. The van der Waals surface area contributed by atoms with Crippen molar-refractivity contribution >= 4 is 15.7 Å². The number of anilines is 1. The molecule has 1 aromatic heterocycles. The van der Waals surface area contributed by atoms with Crippen molar-refractivity contribution in [3.05, 3.63) is 48.3 Å². The minimum Gasteiger partial charge on any atom is -0.359 e. The lowest BCUT2D eigenvalue weighted by Crippen LogP contribution is -2.47. The van der Waals surface area contributed by atoms with E-state index < -0.39 is 10.0 Å². The molecule has 1 fully saturated rings. The maximum Gasteiger partial charge on any atom is 0.269 e. The van der Waals surface area contributed by atoms with Gasteiger partial charge in [0.1, 0.15) is 4.90 Å². The molecule has 1 unspecified atom stereocenters. The molecule has 1 saturated heterocycles. The molecule has 3 heterocycles. The van der Waals surface area contributed by atoms with Crippen LogP contribution in [0, 0.1) is 0 Å². The van der Waals surface area contributed by atoms with Crippen molar-refractivity contribution in [2.75, 3.05) is 31.6 Å². The van der Waals surface area contributed by atoms with Gasteiger partial charge in [0, 0.05) is 25.8 Å². The van der Waals surface area contributed by atoms with Crippen molar-refractivity contribution in [3.8, 4) is 0 Å². The largest absolute Gasteiger partial charge is 0.359 e. The Morgan fingerprint density at radius 1 is 1.10 bits per heavy atom. The van der Waals surface area contributed by atoms with Gasteiger partial charge in [0.25, 0.3) is 10.0 Å². The number of fused-ring (bicyclic) bond motifs is 5. The van der Waals surface area contributed by atoms with Crippen molar-refractivity contribution in [2.24, 2.45) is 0 Å². The zero-order valence-electron chi connectivity index (χ0n) is 11.8. The second kappa shape index (κ2) is 4.35. The topological polar surface area (TPSA) is 45.6 Å². The summed E-state index contributed by atoms with van der Waals surface area (Å²) in [5.74, 6) is 0. The average Bonchev–Trinajstić information content (AvgIpc) is 2.95. The van der Waals surface area contributed by atoms with Gasteiger partial charge in [-0.05, 0) is 31.3 Å². The van der Waals surface area contributed by atoms with Gasteiger partial charge in [-0.1, -0.05) is 12.1 Å². The van der Waals surface area contributed by atoms with Gasteiger partial charge < -0.3 is 9.80 Å². The Kier molecular flexibility index (Phi) is 2.68. The Bertz CT molecular complexity index is 797. The Morgan fingerprint density at radius 2 is 1.90 bits per heavy atom. The van der Waals surface area contributed by atoms with Crippen LogP contribution in [0.1, 0.15) is 11.7 Å². The van der Waals surface area contributed by atoms with Gasteiger partial charge in [0.2, 0.25) is 0 Å². The summed E-state index contributed by atoms with van der Waals surface area (Å²) < 4.78 is 27.3. The third-order valence-electron chi connectivity index (χ3n) is 4.38. The van der Waals surface area contributed by atoms with E-state index >= 15 is 0 Å².